The number of hydrogen-bond donors (Lipinski definition) is 2. The minimum absolute atomic E-state index is 0.0272. The molecule has 0 aliphatic carbocycles. The van der Waals surface area contributed by atoms with E-state index in [2.05, 4.69) is 20.7 Å². The quantitative estimate of drug-likeness (QED) is 0.438. The van der Waals surface area contributed by atoms with Crippen molar-refractivity contribution in [3.8, 4) is 5.75 Å². The zero-order valence-electron chi connectivity index (χ0n) is 13.7. The molecule has 0 aliphatic rings. The molecule has 7 nitrogen and oxygen atoms in total. The van der Waals surface area contributed by atoms with Crippen molar-refractivity contribution < 1.29 is 14.3 Å². The third-order valence-corrected chi connectivity index (χ3v) is 3.50. The molecule has 2 aromatic rings. The summed E-state index contributed by atoms with van der Waals surface area (Å²) >= 11 is 0. The summed E-state index contributed by atoms with van der Waals surface area (Å²) in [5, 5.41) is 10.9. The summed E-state index contributed by atoms with van der Waals surface area (Å²) in [6.07, 6.45) is 3.10. The first-order chi connectivity index (χ1) is 11.6. The van der Waals surface area contributed by atoms with Gasteiger partial charge in [-0.3, -0.25) is 14.7 Å². The van der Waals surface area contributed by atoms with Crippen molar-refractivity contribution in [2.75, 3.05) is 6.61 Å². The molecule has 0 saturated heterocycles. The lowest BCUT2D eigenvalue weighted by atomic mass is 10.1. The van der Waals surface area contributed by atoms with Crippen molar-refractivity contribution in [2.24, 2.45) is 5.10 Å². The highest BCUT2D eigenvalue weighted by molar-refractivity contribution is 5.85. The van der Waals surface area contributed by atoms with Gasteiger partial charge in [0, 0.05) is 17.7 Å². The van der Waals surface area contributed by atoms with Gasteiger partial charge in [0.15, 0.2) is 6.29 Å². The number of carbonyl (C=O) groups is 2. The van der Waals surface area contributed by atoms with E-state index in [0.717, 1.165) is 17.0 Å². The fourth-order valence-electron chi connectivity index (χ4n) is 2.25. The van der Waals surface area contributed by atoms with Crippen LogP contribution in [0.25, 0.3) is 0 Å². The Labute approximate surface area is 140 Å². The van der Waals surface area contributed by atoms with Crippen LogP contribution in [-0.2, 0) is 16.0 Å². The lowest BCUT2D eigenvalue weighted by Gasteiger charge is -2.05. The Balaban J connectivity index is 1.87. The van der Waals surface area contributed by atoms with Crippen LogP contribution in [0.1, 0.15) is 28.9 Å². The molecule has 1 aromatic heterocycles. The van der Waals surface area contributed by atoms with Crippen LogP contribution in [0.5, 0.6) is 5.75 Å². The van der Waals surface area contributed by atoms with Crippen LogP contribution in [0, 0.1) is 13.8 Å². The maximum atomic E-state index is 11.9. The number of amides is 1. The van der Waals surface area contributed by atoms with Crippen LogP contribution in [0.3, 0.4) is 0 Å². The van der Waals surface area contributed by atoms with Crippen molar-refractivity contribution in [1.82, 2.24) is 15.6 Å². The topological polar surface area (TPSA) is 96.4 Å². The molecular formula is C17H20N4O3. The molecule has 0 atom stereocenters. The Morgan fingerprint density at radius 3 is 2.88 bits per heavy atom. The maximum absolute atomic E-state index is 11.9. The average molecular weight is 328 g/mol. The lowest BCUT2D eigenvalue weighted by molar-refractivity contribution is -0.121. The molecule has 1 heterocycles. The highest BCUT2D eigenvalue weighted by atomic mass is 16.5. The molecule has 0 fully saturated rings. The Kier molecular flexibility index (Phi) is 6.24. The summed E-state index contributed by atoms with van der Waals surface area (Å²) in [6.45, 7) is 3.81. The van der Waals surface area contributed by atoms with Gasteiger partial charge in [-0.25, -0.2) is 5.43 Å². The van der Waals surface area contributed by atoms with Gasteiger partial charge >= 0.3 is 0 Å². The molecule has 126 valence electrons. The predicted octanol–water partition coefficient (Wildman–Crippen LogP) is 1.69. The number of rotatable bonds is 8. The summed E-state index contributed by atoms with van der Waals surface area (Å²) in [5.74, 6) is 0.352. The van der Waals surface area contributed by atoms with Crippen molar-refractivity contribution >= 4 is 18.4 Å². The Morgan fingerprint density at radius 2 is 2.17 bits per heavy atom. The second-order valence-corrected chi connectivity index (χ2v) is 5.22. The molecule has 0 unspecified atom stereocenters. The Hall–Kier alpha value is -2.96. The molecular weight excluding hydrogens is 308 g/mol. The summed E-state index contributed by atoms with van der Waals surface area (Å²) in [4.78, 5) is 22.3. The van der Waals surface area contributed by atoms with Crippen LogP contribution in [0.4, 0.5) is 0 Å². The number of aryl methyl sites for hydroxylation is 2. The number of hydrogen-bond acceptors (Lipinski definition) is 5. The molecule has 1 aromatic carbocycles. The number of nitrogens with one attached hydrogen (secondary N) is 2. The molecule has 24 heavy (non-hydrogen) atoms. The minimum Gasteiger partial charge on any atom is -0.485 e. The zero-order chi connectivity index (χ0) is 17.4. The van der Waals surface area contributed by atoms with Gasteiger partial charge < -0.3 is 4.74 Å². The fourth-order valence-corrected chi connectivity index (χ4v) is 2.25. The monoisotopic (exact) mass is 328 g/mol. The minimum atomic E-state index is -0.183. The van der Waals surface area contributed by atoms with E-state index in [1.807, 2.05) is 19.9 Å². The number of aromatic nitrogens is 2. The Bertz CT molecular complexity index is 718. The number of aldehydes is 1. The maximum Gasteiger partial charge on any atom is 0.240 e. The van der Waals surface area contributed by atoms with E-state index < -0.39 is 0 Å². The predicted molar refractivity (Wildman–Crippen MR) is 90.1 cm³/mol. The van der Waals surface area contributed by atoms with Gasteiger partial charge in [-0.1, -0.05) is 12.1 Å². The zero-order valence-corrected chi connectivity index (χ0v) is 13.7. The van der Waals surface area contributed by atoms with E-state index >= 15 is 0 Å². The normalized spacial score (nSPS) is 10.8. The van der Waals surface area contributed by atoms with Gasteiger partial charge in [-0.2, -0.15) is 10.2 Å². The molecule has 1 amide bonds. The largest absolute Gasteiger partial charge is 0.485 e. The van der Waals surface area contributed by atoms with Gasteiger partial charge in [-0.05, 0) is 38.0 Å². The molecule has 0 bridgehead atoms. The van der Waals surface area contributed by atoms with E-state index in [1.54, 1.807) is 18.2 Å². The van der Waals surface area contributed by atoms with E-state index in [4.69, 9.17) is 4.74 Å². The van der Waals surface area contributed by atoms with Gasteiger partial charge in [-0.15, -0.1) is 0 Å². The third kappa shape index (κ3) is 4.77. The smallest absolute Gasteiger partial charge is 0.240 e. The first-order valence-electron chi connectivity index (χ1n) is 7.59. The molecule has 0 spiro atoms. The molecule has 7 heteroatoms. The highest BCUT2D eigenvalue weighted by Crippen LogP contribution is 2.15. The number of carbonyl (C=O) groups excluding carboxylic acids is 2. The van der Waals surface area contributed by atoms with Crippen molar-refractivity contribution in [2.45, 2.75) is 26.7 Å². The summed E-state index contributed by atoms with van der Waals surface area (Å²) in [7, 11) is 0. The third-order valence-electron chi connectivity index (χ3n) is 3.50. The molecule has 0 aliphatic heterocycles. The number of H-pyrrole nitrogens is 1. The summed E-state index contributed by atoms with van der Waals surface area (Å²) < 4.78 is 5.28. The number of nitrogens with zero attached hydrogens (tertiary/aromatic N) is 2. The van der Waals surface area contributed by atoms with Crippen LogP contribution >= 0.6 is 0 Å². The van der Waals surface area contributed by atoms with Crippen molar-refractivity contribution in [3.05, 3.63) is 46.8 Å². The molecule has 2 N–H and O–H groups in total. The number of ether oxygens (including phenoxy) is 1. The van der Waals surface area contributed by atoms with Gasteiger partial charge in [0.25, 0.3) is 0 Å². The number of para-hydroxylation sites is 1. The second-order valence-electron chi connectivity index (χ2n) is 5.22. The van der Waals surface area contributed by atoms with Gasteiger partial charge in [0.2, 0.25) is 5.91 Å². The number of benzene rings is 1. The van der Waals surface area contributed by atoms with E-state index in [0.29, 0.717) is 30.4 Å². The van der Waals surface area contributed by atoms with Crippen molar-refractivity contribution in [3.63, 3.8) is 0 Å². The summed E-state index contributed by atoms with van der Waals surface area (Å²) in [6, 6.07) is 7.14. The average Bonchev–Trinajstić information content (AvgIpc) is 2.90. The van der Waals surface area contributed by atoms with Crippen molar-refractivity contribution in [1.29, 1.82) is 0 Å². The Morgan fingerprint density at radius 1 is 1.38 bits per heavy atom. The van der Waals surface area contributed by atoms with E-state index in [1.165, 1.54) is 6.21 Å². The van der Waals surface area contributed by atoms with E-state index in [9.17, 15) is 9.59 Å². The van der Waals surface area contributed by atoms with Crippen LogP contribution in [-0.4, -0.2) is 35.2 Å². The lowest BCUT2D eigenvalue weighted by Crippen LogP contribution is -2.18. The fraction of sp³-hybridized carbons (Fsp3) is 0.294. The molecule has 0 radical (unpaired) electrons. The van der Waals surface area contributed by atoms with Gasteiger partial charge in [0.05, 0.1) is 11.9 Å². The number of aromatic amines is 1. The van der Waals surface area contributed by atoms with Gasteiger partial charge in [0.1, 0.15) is 12.4 Å². The van der Waals surface area contributed by atoms with Crippen LogP contribution in [0.2, 0.25) is 0 Å². The van der Waals surface area contributed by atoms with E-state index in [-0.39, 0.29) is 12.5 Å². The SMILES string of the molecule is Cc1n[nH]c(C)c1CCC(=O)N/N=C\c1ccccc1OCC=O. The summed E-state index contributed by atoms with van der Waals surface area (Å²) in [5.41, 5.74) is 6.11. The molecule has 2 rings (SSSR count). The molecule has 0 saturated carbocycles. The van der Waals surface area contributed by atoms with Crippen LogP contribution in [0.15, 0.2) is 29.4 Å². The van der Waals surface area contributed by atoms with Crippen LogP contribution < -0.4 is 10.2 Å². The second kappa shape index (κ2) is 8.61. The first kappa shape index (κ1) is 17.4. The highest BCUT2D eigenvalue weighted by Gasteiger charge is 2.08. The number of hydrazone groups is 1. The first-order valence-corrected chi connectivity index (χ1v) is 7.59. The standard InChI is InChI=1S/C17H20N4O3/c1-12-15(13(2)20-19-12)7-8-17(23)21-18-11-14-5-3-4-6-16(14)24-10-9-22/h3-6,9,11H,7-8,10H2,1-2H3,(H,19,20)(H,21,23)/b18-11-.